The van der Waals surface area contributed by atoms with Crippen molar-refractivity contribution >= 4 is 0 Å². The molecular formula is C14H21NO2. The number of aryl methyl sites for hydroxylation is 1. The summed E-state index contributed by atoms with van der Waals surface area (Å²) >= 11 is 0. The van der Waals surface area contributed by atoms with Crippen LogP contribution in [-0.2, 0) is 6.42 Å². The normalized spacial score (nSPS) is 20.8. The minimum absolute atomic E-state index is 0.137. The molecule has 3 nitrogen and oxygen atoms in total. The molecule has 1 unspecified atom stereocenters. The Kier molecular flexibility index (Phi) is 4.02. The average Bonchev–Trinajstić information content (AvgIpc) is 2.36. The number of hydrogen-bond acceptors (Lipinski definition) is 3. The number of benzene rings is 1. The van der Waals surface area contributed by atoms with Crippen molar-refractivity contribution in [3.8, 4) is 5.75 Å². The van der Waals surface area contributed by atoms with Crippen molar-refractivity contribution in [2.24, 2.45) is 5.73 Å². The van der Waals surface area contributed by atoms with Gasteiger partial charge >= 0.3 is 0 Å². The summed E-state index contributed by atoms with van der Waals surface area (Å²) in [7, 11) is 0. The van der Waals surface area contributed by atoms with Gasteiger partial charge < -0.3 is 15.6 Å². The summed E-state index contributed by atoms with van der Waals surface area (Å²) in [6, 6.07) is 6.24. The first-order valence-corrected chi connectivity index (χ1v) is 6.40. The Morgan fingerprint density at radius 2 is 2.35 bits per heavy atom. The molecular weight excluding hydrogens is 214 g/mol. The van der Waals surface area contributed by atoms with Crippen molar-refractivity contribution in [3.63, 3.8) is 0 Å². The number of hydrogen-bond donors (Lipinski definition) is 2. The van der Waals surface area contributed by atoms with E-state index in [9.17, 15) is 5.11 Å². The van der Waals surface area contributed by atoms with Crippen LogP contribution in [-0.4, -0.2) is 17.8 Å². The Morgan fingerprint density at radius 3 is 3.12 bits per heavy atom. The van der Waals surface area contributed by atoms with Gasteiger partial charge in [0.1, 0.15) is 12.4 Å². The molecule has 17 heavy (non-hydrogen) atoms. The summed E-state index contributed by atoms with van der Waals surface area (Å²) in [6.07, 6.45) is 3.65. The lowest BCUT2D eigenvalue weighted by Crippen LogP contribution is -2.19. The van der Waals surface area contributed by atoms with Gasteiger partial charge in [0.25, 0.3) is 0 Å². The summed E-state index contributed by atoms with van der Waals surface area (Å²) in [4.78, 5) is 0. The predicted molar refractivity (Wildman–Crippen MR) is 68.1 cm³/mol. The molecule has 3 N–H and O–H groups in total. The minimum Gasteiger partial charge on any atom is -0.491 e. The van der Waals surface area contributed by atoms with Gasteiger partial charge in [-0.25, -0.2) is 0 Å². The van der Waals surface area contributed by atoms with E-state index < -0.39 is 0 Å². The Labute approximate surface area is 103 Å². The van der Waals surface area contributed by atoms with Gasteiger partial charge in [-0.15, -0.1) is 0 Å². The highest BCUT2D eigenvalue weighted by molar-refractivity contribution is 5.39. The second-order valence-corrected chi connectivity index (χ2v) is 4.73. The maximum Gasteiger partial charge on any atom is 0.119 e. The molecule has 0 saturated carbocycles. The third-order valence-corrected chi connectivity index (χ3v) is 3.39. The van der Waals surface area contributed by atoms with Crippen LogP contribution in [0.2, 0.25) is 0 Å². The number of fused-ring (bicyclic) bond motifs is 1. The zero-order valence-corrected chi connectivity index (χ0v) is 10.4. The van der Waals surface area contributed by atoms with Crippen molar-refractivity contribution in [2.45, 2.75) is 44.8 Å². The number of aliphatic hydroxyl groups excluding tert-OH is 1. The zero-order valence-electron chi connectivity index (χ0n) is 10.4. The highest BCUT2D eigenvalue weighted by Gasteiger charge is 2.17. The van der Waals surface area contributed by atoms with Crippen molar-refractivity contribution in [3.05, 3.63) is 29.3 Å². The maximum absolute atomic E-state index is 9.46. The smallest absolute Gasteiger partial charge is 0.119 e. The first kappa shape index (κ1) is 12.4. The molecule has 2 rings (SSSR count). The lowest BCUT2D eigenvalue weighted by Gasteiger charge is -2.23. The van der Waals surface area contributed by atoms with Gasteiger partial charge in [-0.05, 0) is 48.9 Å². The van der Waals surface area contributed by atoms with Gasteiger partial charge in [0.15, 0.2) is 0 Å². The Balaban J connectivity index is 2.07. The molecule has 0 heterocycles. The molecule has 0 aliphatic heterocycles. The van der Waals surface area contributed by atoms with Crippen LogP contribution in [0.3, 0.4) is 0 Å². The number of ether oxygens (including phenoxy) is 1. The lowest BCUT2D eigenvalue weighted by atomic mass is 9.88. The molecule has 0 amide bonds. The van der Waals surface area contributed by atoms with Gasteiger partial charge in [0.05, 0.1) is 6.10 Å². The van der Waals surface area contributed by atoms with E-state index in [1.165, 1.54) is 17.5 Å². The summed E-state index contributed by atoms with van der Waals surface area (Å²) in [6.45, 7) is 2.29. The van der Waals surface area contributed by atoms with E-state index in [2.05, 4.69) is 6.07 Å². The standard InChI is InChI=1S/C14H21NO2/c1-2-11(16)9-17-12-7-6-10-4-3-5-14(15)13(10)8-12/h6-8,11,14,16H,2-5,9,15H2,1H3/t11?,14-/m1/s1. The molecule has 94 valence electrons. The molecule has 0 aromatic heterocycles. The van der Waals surface area contributed by atoms with E-state index in [-0.39, 0.29) is 12.1 Å². The van der Waals surface area contributed by atoms with Crippen LogP contribution in [0.1, 0.15) is 43.4 Å². The Morgan fingerprint density at radius 1 is 1.53 bits per heavy atom. The van der Waals surface area contributed by atoms with Crippen LogP contribution in [0, 0.1) is 0 Å². The first-order chi connectivity index (χ1) is 8.20. The van der Waals surface area contributed by atoms with Gasteiger partial charge in [0, 0.05) is 6.04 Å². The van der Waals surface area contributed by atoms with Gasteiger partial charge in [-0.2, -0.15) is 0 Å². The molecule has 0 saturated heterocycles. The van der Waals surface area contributed by atoms with Crippen LogP contribution >= 0.6 is 0 Å². The van der Waals surface area contributed by atoms with Crippen molar-refractivity contribution < 1.29 is 9.84 Å². The third-order valence-electron chi connectivity index (χ3n) is 3.39. The van der Waals surface area contributed by atoms with E-state index in [4.69, 9.17) is 10.5 Å². The summed E-state index contributed by atoms with van der Waals surface area (Å²) in [5.41, 5.74) is 8.64. The molecule has 0 radical (unpaired) electrons. The number of nitrogens with two attached hydrogens (primary N) is 1. The van der Waals surface area contributed by atoms with Crippen molar-refractivity contribution in [1.82, 2.24) is 0 Å². The maximum atomic E-state index is 9.46. The molecule has 2 atom stereocenters. The third kappa shape index (κ3) is 2.99. The minimum atomic E-state index is -0.389. The second kappa shape index (κ2) is 5.52. The fourth-order valence-corrected chi connectivity index (χ4v) is 2.21. The SMILES string of the molecule is CCC(O)COc1ccc2c(c1)[C@H](N)CCC2. The van der Waals surface area contributed by atoms with Gasteiger partial charge in [-0.3, -0.25) is 0 Å². The number of rotatable bonds is 4. The van der Waals surface area contributed by atoms with Crippen LogP contribution in [0.15, 0.2) is 18.2 Å². The monoisotopic (exact) mass is 235 g/mol. The molecule has 0 bridgehead atoms. The van der Waals surface area contributed by atoms with Crippen molar-refractivity contribution in [1.29, 1.82) is 0 Å². The van der Waals surface area contributed by atoms with E-state index in [0.717, 1.165) is 18.6 Å². The summed E-state index contributed by atoms with van der Waals surface area (Å²) in [5.74, 6) is 0.814. The predicted octanol–water partition coefficient (Wildman–Crippen LogP) is 2.17. The Bertz CT molecular complexity index is 378. The highest BCUT2D eigenvalue weighted by atomic mass is 16.5. The average molecular weight is 235 g/mol. The molecule has 1 aliphatic rings. The number of aliphatic hydroxyl groups is 1. The van der Waals surface area contributed by atoms with Crippen LogP contribution < -0.4 is 10.5 Å². The summed E-state index contributed by atoms with van der Waals surface area (Å²) in [5, 5.41) is 9.46. The molecule has 1 aliphatic carbocycles. The zero-order chi connectivity index (χ0) is 12.3. The quantitative estimate of drug-likeness (QED) is 0.841. The molecule has 3 heteroatoms. The fourth-order valence-electron chi connectivity index (χ4n) is 2.21. The summed E-state index contributed by atoms with van der Waals surface area (Å²) < 4.78 is 5.57. The lowest BCUT2D eigenvalue weighted by molar-refractivity contribution is 0.104. The van der Waals surface area contributed by atoms with Crippen LogP contribution in [0.25, 0.3) is 0 Å². The molecule has 0 spiro atoms. The van der Waals surface area contributed by atoms with Crippen molar-refractivity contribution in [2.75, 3.05) is 6.61 Å². The molecule has 1 aromatic carbocycles. The Hall–Kier alpha value is -1.06. The fraction of sp³-hybridized carbons (Fsp3) is 0.571. The van der Waals surface area contributed by atoms with E-state index in [0.29, 0.717) is 13.0 Å². The van der Waals surface area contributed by atoms with Gasteiger partial charge in [0.2, 0.25) is 0 Å². The molecule has 0 fully saturated rings. The van der Waals surface area contributed by atoms with E-state index >= 15 is 0 Å². The topological polar surface area (TPSA) is 55.5 Å². The molecule has 1 aromatic rings. The second-order valence-electron chi connectivity index (χ2n) is 4.73. The van der Waals surface area contributed by atoms with E-state index in [1.807, 2.05) is 19.1 Å². The highest BCUT2D eigenvalue weighted by Crippen LogP contribution is 2.30. The van der Waals surface area contributed by atoms with E-state index in [1.54, 1.807) is 0 Å². The van der Waals surface area contributed by atoms with Gasteiger partial charge in [-0.1, -0.05) is 13.0 Å². The van der Waals surface area contributed by atoms with Crippen LogP contribution in [0.5, 0.6) is 5.75 Å². The van der Waals surface area contributed by atoms with Crippen LogP contribution in [0.4, 0.5) is 0 Å². The largest absolute Gasteiger partial charge is 0.491 e. The first-order valence-electron chi connectivity index (χ1n) is 6.40.